The molecule has 8 nitrogen and oxygen atoms in total. The van der Waals surface area contributed by atoms with Crippen LogP contribution in [0.5, 0.6) is 11.5 Å². The molecule has 39 heavy (non-hydrogen) atoms. The maximum absolute atomic E-state index is 13.5. The summed E-state index contributed by atoms with van der Waals surface area (Å²) in [7, 11) is 1.56. The molecule has 2 N–H and O–H groups in total. The van der Waals surface area contributed by atoms with Crippen LogP contribution in [-0.2, 0) is 16.1 Å². The summed E-state index contributed by atoms with van der Waals surface area (Å²) in [6.07, 6.45) is 0. The van der Waals surface area contributed by atoms with Crippen molar-refractivity contribution in [3.05, 3.63) is 112 Å². The lowest BCUT2D eigenvalue weighted by Gasteiger charge is -2.35. The largest absolute Gasteiger partial charge is 0.493 e. The van der Waals surface area contributed by atoms with Crippen LogP contribution in [0.2, 0.25) is 0 Å². The summed E-state index contributed by atoms with van der Waals surface area (Å²) in [6.45, 7) is 2.31. The average Bonchev–Trinajstić information content (AvgIpc) is 3.31. The minimum atomic E-state index is -0.720. The number of thioether (sulfide) groups is 1. The number of benzene rings is 3. The van der Waals surface area contributed by atoms with E-state index in [9.17, 15) is 10.1 Å². The Kier molecular flexibility index (Phi) is 7.57. The highest BCUT2D eigenvalue weighted by Gasteiger charge is 2.44. The number of aliphatic imine (C=N–C) groups is 1. The second-order valence-corrected chi connectivity index (χ2v) is 9.61. The molecule has 196 valence electrons. The number of esters is 1. The van der Waals surface area contributed by atoms with E-state index in [0.29, 0.717) is 45.0 Å². The van der Waals surface area contributed by atoms with Crippen molar-refractivity contribution in [1.82, 2.24) is 4.90 Å². The molecule has 3 aromatic carbocycles. The van der Waals surface area contributed by atoms with Gasteiger partial charge in [0.15, 0.2) is 16.7 Å². The fraction of sp³-hybridized carbons (Fsp3) is 0.167. The summed E-state index contributed by atoms with van der Waals surface area (Å²) in [6, 6.07) is 26.2. The zero-order valence-corrected chi connectivity index (χ0v) is 22.3. The molecule has 0 saturated carbocycles. The zero-order valence-electron chi connectivity index (χ0n) is 21.5. The second kappa shape index (κ2) is 11.4. The maximum Gasteiger partial charge on any atom is 0.338 e. The number of ether oxygens (including phenoxy) is 3. The molecule has 2 aliphatic rings. The van der Waals surface area contributed by atoms with Crippen LogP contribution in [0, 0.1) is 11.3 Å². The molecule has 0 bridgehead atoms. The van der Waals surface area contributed by atoms with Crippen LogP contribution in [-0.4, -0.2) is 29.8 Å². The number of nitriles is 1. The molecule has 0 aromatic heterocycles. The topological polar surface area (TPSA) is 110 Å². The predicted molar refractivity (Wildman–Crippen MR) is 150 cm³/mol. The molecule has 0 spiro atoms. The molecule has 0 radical (unpaired) electrons. The van der Waals surface area contributed by atoms with Gasteiger partial charge in [-0.1, -0.05) is 66.7 Å². The first-order valence-electron chi connectivity index (χ1n) is 12.3. The van der Waals surface area contributed by atoms with Gasteiger partial charge in [0.05, 0.1) is 31.0 Å². The Hall–Kier alpha value is -4.68. The molecule has 0 fully saturated rings. The first kappa shape index (κ1) is 25.9. The number of fused-ring (bicyclic) bond motifs is 1. The van der Waals surface area contributed by atoms with Gasteiger partial charge in [-0.25, -0.2) is 9.79 Å². The molecule has 0 saturated heterocycles. The van der Waals surface area contributed by atoms with Crippen LogP contribution >= 0.6 is 11.8 Å². The van der Waals surface area contributed by atoms with Gasteiger partial charge in [-0.15, -0.1) is 0 Å². The number of hydrogen-bond donors (Lipinski definition) is 1. The summed E-state index contributed by atoms with van der Waals surface area (Å²) in [5.41, 5.74) is 9.70. The minimum absolute atomic E-state index is 0.187. The maximum atomic E-state index is 13.5. The molecule has 9 heteroatoms. The number of methoxy groups -OCH3 is 1. The Bertz CT molecular complexity index is 1530. The highest BCUT2D eigenvalue weighted by atomic mass is 32.2. The highest BCUT2D eigenvalue weighted by molar-refractivity contribution is 8.17. The number of amidine groups is 1. The van der Waals surface area contributed by atoms with Crippen LogP contribution in [0.1, 0.15) is 29.7 Å². The highest BCUT2D eigenvalue weighted by Crippen LogP contribution is 2.48. The Labute approximate surface area is 231 Å². The van der Waals surface area contributed by atoms with Crippen molar-refractivity contribution in [2.75, 3.05) is 13.7 Å². The standard InChI is InChI=1S/C30H26N4O4S/c1-3-37-29(35)25-26(20-12-8-5-9-13-20)33-30-34(28(32)24(17-31)39-30)27(25)21-14-15-22(23(16-21)36-2)38-18-19-10-6-4-7-11-19/h4-16,27H,3,18,32H2,1-2H3/t27-/m0/s1. The van der Waals surface area contributed by atoms with Gasteiger partial charge in [0.2, 0.25) is 0 Å². The SMILES string of the molecule is CCOC(=O)C1=C(c2ccccc2)N=C2SC(C#N)=C(N)N2[C@H]1c1ccc(OCc2ccccc2)c(OC)c1. The Morgan fingerprint density at radius 2 is 1.79 bits per heavy atom. The molecule has 1 atom stereocenters. The quantitative estimate of drug-likeness (QED) is 0.382. The van der Waals surface area contributed by atoms with Crippen LogP contribution in [0.3, 0.4) is 0 Å². The zero-order chi connectivity index (χ0) is 27.4. The first-order chi connectivity index (χ1) is 19.0. The van der Waals surface area contributed by atoms with E-state index >= 15 is 0 Å². The summed E-state index contributed by atoms with van der Waals surface area (Å²) >= 11 is 1.17. The number of rotatable bonds is 8. The second-order valence-electron chi connectivity index (χ2n) is 8.63. The Balaban J connectivity index is 1.64. The molecule has 0 aliphatic carbocycles. The lowest BCUT2D eigenvalue weighted by molar-refractivity contribution is -0.139. The van der Waals surface area contributed by atoms with Gasteiger partial charge in [0.1, 0.15) is 23.4 Å². The van der Waals surface area contributed by atoms with Gasteiger partial charge in [-0.2, -0.15) is 5.26 Å². The molecule has 5 rings (SSSR count). The summed E-state index contributed by atoms with van der Waals surface area (Å²) < 4.78 is 17.3. The van der Waals surface area contributed by atoms with Crippen molar-refractivity contribution >= 4 is 28.6 Å². The van der Waals surface area contributed by atoms with Crippen LogP contribution in [0.15, 0.2) is 100 Å². The number of allylic oxidation sites excluding steroid dienone is 1. The molecule has 2 aliphatic heterocycles. The number of hydrogen-bond acceptors (Lipinski definition) is 9. The smallest absolute Gasteiger partial charge is 0.338 e. The number of nitrogens with two attached hydrogens (primary N) is 1. The van der Waals surface area contributed by atoms with Crippen molar-refractivity contribution in [3.8, 4) is 17.6 Å². The summed E-state index contributed by atoms with van der Waals surface area (Å²) in [5.74, 6) is 0.753. The predicted octanol–water partition coefficient (Wildman–Crippen LogP) is 5.36. The lowest BCUT2D eigenvalue weighted by atomic mass is 9.91. The Morgan fingerprint density at radius 3 is 2.46 bits per heavy atom. The molecule has 0 amide bonds. The van der Waals surface area contributed by atoms with E-state index in [1.165, 1.54) is 11.8 Å². The van der Waals surface area contributed by atoms with Crippen molar-refractivity contribution in [1.29, 1.82) is 5.26 Å². The van der Waals surface area contributed by atoms with Crippen molar-refractivity contribution in [2.24, 2.45) is 10.7 Å². The normalized spacial score (nSPS) is 16.4. The summed E-state index contributed by atoms with van der Waals surface area (Å²) in [5, 5.41) is 10.2. The van der Waals surface area contributed by atoms with Gasteiger partial charge in [0.25, 0.3) is 0 Å². The van der Waals surface area contributed by atoms with Crippen molar-refractivity contribution < 1.29 is 19.0 Å². The molecule has 2 heterocycles. The number of carbonyl (C=O) groups is 1. The third-order valence-electron chi connectivity index (χ3n) is 6.27. The van der Waals surface area contributed by atoms with Crippen LogP contribution in [0.25, 0.3) is 5.70 Å². The van der Waals surface area contributed by atoms with E-state index in [1.54, 1.807) is 18.9 Å². The molecular formula is C30H26N4O4S. The van der Waals surface area contributed by atoms with E-state index in [0.717, 1.165) is 11.1 Å². The van der Waals surface area contributed by atoms with E-state index in [-0.39, 0.29) is 12.4 Å². The van der Waals surface area contributed by atoms with Crippen LogP contribution < -0.4 is 15.2 Å². The average molecular weight is 539 g/mol. The van der Waals surface area contributed by atoms with Crippen molar-refractivity contribution in [2.45, 2.75) is 19.6 Å². The Morgan fingerprint density at radius 1 is 1.08 bits per heavy atom. The van der Waals surface area contributed by atoms with Gasteiger partial charge in [-0.05, 0) is 41.9 Å². The van der Waals surface area contributed by atoms with Gasteiger partial charge >= 0.3 is 5.97 Å². The monoisotopic (exact) mass is 538 g/mol. The van der Waals surface area contributed by atoms with E-state index in [4.69, 9.17) is 24.9 Å². The third-order valence-corrected chi connectivity index (χ3v) is 7.25. The fourth-order valence-corrected chi connectivity index (χ4v) is 5.35. The molecule has 3 aromatic rings. The van der Waals surface area contributed by atoms with Gasteiger partial charge < -0.3 is 19.9 Å². The fourth-order valence-electron chi connectivity index (χ4n) is 4.48. The van der Waals surface area contributed by atoms with Crippen LogP contribution in [0.4, 0.5) is 0 Å². The van der Waals surface area contributed by atoms with E-state index in [2.05, 4.69) is 6.07 Å². The first-order valence-corrected chi connectivity index (χ1v) is 13.1. The van der Waals surface area contributed by atoms with Gasteiger partial charge in [0, 0.05) is 5.56 Å². The van der Waals surface area contributed by atoms with Crippen molar-refractivity contribution in [3.63, 3.8) is 0 Å². The number of carbonyl (C=O) groups excluding carboxylic acids is 1. The minimum Gasteiger partial charge on any atom is -0.493 e. The van der Waals surface area contributed by atoms with Gasteiger partial charge in [-0.3, -0.25) is 4.90 Å². The molecule has 0 unspecified atom stereocenters. The molecular weight excluding hydrogens is 512 g/mol. The summed E-state index contributed by atoms with van der Waals surface area (Å²) in [4.78, 5) is 20.4. The third kappa shape index (κ3) is 5.07. The number of nitrogens with zero attached hydrogens (tertiary/aromatic N) is 3. The van der Waals surface area contributed by atoms with E-state index in [1.807, 2.05) is 78.9 Å². The van der Waals surface area contributed by atoms with E-state index < -0.39 is 12.0 Å². The lowest BCUT2D eigenvalue weighted by Crippen LogP contribution is -2.38.